The van der Waals surface area contributed by atoms with Gasteiger partial charge in [0.1, 0.15) is 28.2 Å². The number of amides is 3. The highest BCUT2D eigenvalue weighted by atomic mass is 16.5. The molecule has 5 rings (SSSR count). The molecule has 2 heterocycles. The van der Waals surface area contributed by atoms with Crippen molar-refractivity contribution in [3.05, 3.63) is 89.1 Å². The lowest BCUT2D eigenvalue weighted by Crippen LogP contribution is -2.24. The number of anilines is 3. The SMILES string of the molecule is CCN=C(/C=C(/C)N)C(=O)Nc1nc2cc(C(N)=O)cc(OC)c2n1C/C=C/Cn1c(NC)nc2cc(C(N)=O)cc(OCCc3ccc(NC)cc3)c21. The van der Waals surface area contributed by atoms with Crippen LogP contribution in [-0.2, 0) is 24.3 Å². The number of primary amides is 2. The molecule has 282 valence electrons. The van der Waals surface area contributed by atoms with Crippen molar-refractivity contribution < 1.29 is 23.9 Å². The Morgan fingerprint density at radius 2 is 1.41 bits per heavy atom. The van der Waals surface area contributed by atoms with E-state index >= 15 is 0 Å². The van der Waals surface area contributed by atoms with Gasteiger partial charge in [0.25, 0.3) is 5.91 Å². The van der Waals surface area contributed by atoms with Crippen molar-refractivity contribution >= 4 is 63.1 Å². The van der Waals surface area contributed by atoms with E-state index in [2.05, 4.69) is 25.9 Å². The lowest BCUT2D eigenvalue weighted by atomic mass is 10.1. The van der Waals surface area contributed by atoms with E-state index in [1.54, 1.807) is 30.7 Å². The lowest BCUT2D eigenvalue weighted by Gasteiger charge is -2.13. The minimum Gasteiger partial charge on any atom is -0.494 e. The standard InChI is InChI=1S/C38H45N11O5/c1-6-44-29(17-22(2)39)36(52)47-38-46-27-18-24(34(40)50)20-30(53-5)32(27)49(38)15-8-7-14-48-33-28(45-37(48)43-4)19-25(35(41)51)21-31(33)54-16-13-23-9-11-26(42-3)12-10-23/h7-12,17-21,42H,6,13-16,39H2,1-5H3,(H2,40,50)(H2,41,51)(H,43,45)(H,46,47,52)/b8-7+,22-17-,44-29?. The first-order valence-corrected chi connectivity index (χ1v) is 17.2. The normalized spacial score (nSPS) is 12.0. The van der Waals surface area contributed by atoms with Crippen LogP contribution >= 0.6 is 0 Å². The summed E-state index contributed by atoms with van der Waals surface area (Å²) in [6.07, 6.45) is 5.93. The number of ether oxygens (including phenoxy) is 2. The Bertz CT molecular complexity index is 2280. The van der Waals surface area contributed by atoms with Crippen LogP contribution in [0.5, 0.6) is 11.5 Å². The van der Waals surface area contributed by atoms with E-state index in [4.69, 9.17) is 31.7 Å². The van der Waals surface area contributed by atoms with Gasteiger partial charge in [0.2, 0.25) is 23.7 Å². The molecule has 0 aliphatic heterocycles. The summed E-state index contributed by atoms with van der Waals surface area (Å²) >= 11 is 0. The Hall–Kier alpha value is -6.84. The number of nitrogens with zero attached hydrogens (tertiary/aromatic N) is 5. The number of nitrogens with two attached hydrogens (primary N) is 3. The van der Waals surface area contributed by atoms with Crippen molar-refractivity contribution in [3.63, 3.8) is 0 Å². The molecule has 9 N–H and O–H groups in total. The molecule has 3 aromatic carbocycles. The molecule has 0 saturated heterocycles. The molecule has 2 aromatic heterocycles. The van der Waals surface area contributed by atoms with Gasteiger partial charge in [0.15, 0.2) is 0 Å². The van der Waals surface area contributed by atoms with Gasteiger partial charge in [0.05, 0.1) is 24.8 Å². The van der Waals surface area contributed by atoms with Crippen LogP contribution in [-0.4, -0.2) is 76.9 Å². The van der Waals surface area contributed by atoms with Gasteiger partial charge in [-0.2, -0.15) is 0 Å². The average molecular weight is 736 g/mol. The molecule has 16 heteroatoms. The summed E-state index contributed by atoms with van der Waals surface area (Å²) in [4.78, 5) is 51.4. The number of carbonyl (C=O) groups is 3. The summed E-state index contributed by atoms with van der Waals surface area (Å²) < 4.78 is 15.6. The van der Waals surface area contributed by atoms with E-state index in [0.717, 1.165) is 11.3 Å². The van der Waals surface area contributed by atoms with Crippen molar-refractivity contribution in [2.45, 2.75) is 33.4 Å². The maximum Gasteiger partial charge on any atom is 0.276 e. The van der Waals surface area contributed by atoms with E-state index in [9.17, 15) is 14.4 Å². The molecule has 54 heavy (non-hydrogen) atoms. The summed E-state index contributed by atoms with van der Waals surface area (Å²) in [5.41, 5.74) is 22.4. The predicted octanol–water partition coefficient (Wildman–Crippen LogP) is 3.82. The molecule has 0 saturated carbocycles. The minimum atomic E-state index is -0.654. The number of hydrogen-bond acceptors (Lipinski definition) is 11. The smallest absolute Gasteiger partial charge is 0.276 e. The Balaban J connectivity index is 1.49. The van der Waals surface area contributed by atoms with Crippen LogP contribution in [0.25, 0.3) is 22.1 Å². The maximum absolute atomic E-state index is 13.4. The average Bonchev–Trinajstić information content (AvgIpc) is 3.69. The zero-order chi connectivity index (χ0) is 38.9. The number of aliphatic imine (C=N–C) groups is 1. The lowest BCUT2D eigenvalue weighted by molar-refractivity contribution is -0.110. The first kappa shape index (κ1) is 38.4. The van der Waals surface area contributed by atoms with Gasteiger partial charge in [-0.1, -0.05) is 24.3 Å². The second-order valence-electron chi connectivity index (χ2n) is 12.2. The van der Waals surface area contributed by atoms with E-state index in [0.29, 0.717) is 71.3 Å². The highest BCUT2D eigenvalue weighted by Crippen LogP contribution is 2.32. The first-order valence-electron chi connectivity index (χ1n) is 17.2. The molecule has 0 fully saturated rings. The molecular weight excluding hydrogens is 690 g/mol. The Morgan fingerprint density at radius 1 is 0.833 bits per heavy atom. The molecule has 5 aromatic rings. The van der Waals surface area contributed by atoms with Crippen molar-refractivity contribution in [1.29, 1.82) is 0 Å². The number of hydrogen-bond donors (Lipinski definition) is 6. The zero-order valence-electron chi connectivity index (χ0n) is 30.9. The van der Waals surface area contributed by atoms with Crippen molar-refractivity contribution in [1.82, 2.24) is 19.1 Å². The second-order valence-corrected chi connectivity index (χ2v) is 12.2. The third kappa shape index (κ3) is 8.61. The van der Waals surface area contributed by atoms with Gasteiger partial charge in [-0.15, -0.1) is 0 Å². The molecule has 0 aliphatic carbocycles. The van der Waals surface area contributed by atoms with Gasteiger partial charge < -0.3 is 46.4 Å². The van der Waals surface area contributed by atoms with Crippen LogP contribution in [0.15, 0.2) is 77.4 Å². The number of rotatable bonds is 17. The fourth-order valence-electron chi connectivity index (χ4n) is 5.86. The summed E-state index contributed by atoms with van der Waals surface area (Å²) in [5.74, 6) is -0.243. The maximum atomic E-state index is 13.4. The molecule has 0 radical (unpaired) electrons. The second kappa shape index (κ2) is 17.1. The first-order chi connectivity index (χ1) is 26.0. The monoisotopic (exact) mass is 735 g/mol. The minimum absolute atomic E-state index is 0.132. The van der Waals surface area contributed by atoms with Gasteiger partial charge >= 0.3 is 0 Å². The van der Waals surface area contributed by atoms with Gasteiger partial charge in [-0.05, 0) is 61.9 Å². The third-order valence-electron chi connectivity index (χ3n) is 8.41. The Morgan fingerprint density at radius 3 is 1.94 bits per heavy atom. The molecule has 3 amide bonds. The zero-order valence-corrected chi connectivity index (χ0v) is 30.9. The van der Waals surface area contributed by atoms with E-state index in [1.807, 2.05) is 55.0 Å². The quantitative estimate of drug-likeness (QED) is 0.0597. The highest BCUT2D eigenvalue weighted by molar-refractivity contribution is 6.47. The van der Waals surface area contributed by atoms with E-state index < -0.39 is 17.7 Å². The van der Waals surface area contributed by atoms with E-state index in [-0.39, 0.29) is 29.3 Å². The summed E-state index contributed by atoms with van der Waals surface area (Å²) in [6.45, 7) is 4.75. The Labute approximate surface area is 312 Å². The van der Waals surface area contributed by atoms with Crippen LogP contribution in [0.3, 0.4) is 0 Å². The molecule has 0 spiro atoms. The summed E-state index contributed by atoms with van der Waals surface area (Å²) in [6, 6.07) is 14.4. The molecule has 16 nitrogen and oxygen atoms in total. The molecule has 0 aliphatic rings. The fourth-order valence-corrected chi connectivity index (χ4v) is 5.86. The number of nitrogens with one attached hydrogen (secondary N) is 3. The number of fused-ring (bicyclic) bond motifs is 2. The molecule has 0 bridgehead atoms. The number of methoxy groups -OCH3 is 1. The molecular formula is C38H45N11O5. The number of allylic oxidation sites excluding steroid dienone is 3. The van der Waals surface area contributed by atoms with Crippen LogP contribution in [0.4, 0.5) is 17.6 Å². The molecule has 0 unspecified atom stereocenters. The number of aromatic nitrogens is 4. The van der Waals surface area contributed by atoms with Gasteiger partial charge in [-0.3, -0.25) is 24.7 Å². The van der Waals surface area contributed by atoms with Crippen LogP contribution in [0, 0.1) is 0 Å². The number of benzene rings is 3. The van der Waals surface area contributed by atoms with Crippen molar-refractivity contribution in [2.24, 2.45) is 22.2 Å². The Kier molecular flexibility index (Phi) is 12.2. The van der Waals surface area contributed by atoms with Gasteiger partial charge in [0, 0.05) is 62.7 Å². The summed E-state index contributed by atoms with van der Waals surface area (Å²) in [7, 11) is 5.09. The van der Waals surface area contributed by atoms with Crippen LogP contribution in [0.1, 0.15) is 40.1 Å². The van der Waals surface area contributed by atoms with Crippen LogP contribution in [0.2, 0.25) is 0 Å². The van der Waals surface area contributed by atoms with Crippen molar-refractivity contribution in [2.75, 3.05) is 50.3 Å². The largest absolute Gasteiger partial charge is 0.494 e. The highest BCUT2D eigenvalue weighted by Gasteiger charge is 2.21. The van der Waals surface area contributed by atoms with E-state index in [1.165, 1.54) is 25.3 Å². The van der Waals surface area contributed by atoms with Crippen LogP contribution < -0.4 is 42.6 Å². The predicted molar refractivity (Wildman–Crippen MR) is 211 cm³/mol. The topological polar surface area (TPSA) is 232 Å². The van der Waals surface area contributed by atoms with Crippen molar-refractivity contribution in [3.8, 4) is 11.5 Å². The fraction of sp³-hybridized carbons (Fsp3) is 0.263. The summed E-state index contributed by atoms with van der Waals surface area (Å²) in [5, 5.41) is 9.08. The third-order valence-corrected chi connectivity index (χ3v) is 8.41. The number of carbonyl (C=O) groups excluding carboxylic acids is 3. The van der Waals surface area contributed by atoms with Gasteiger partial charge in [-0.25, -0.2) is 9.97 Å². The number of imidazole rings is 2. The molecule has 0 atom stereocenters.